The predicted molar refractivity (Wildman–Crippen MR) is 87.8 cm³/mol. The van der Waals surface area contributed by atoms with E-state index in [-0.39, 0.29) is 13.2 Å². The minimum Gasteiger partial charge on any atom is -0.465 e. The quantitative estimate of drug-likeness (QED) is 0.478. The van der Waals surface area contributed by atoms with Crippen molar-refractivity contribution in [2.45, 2.75) is 33.3 Å². The maximum Gasteiger partial charge on any atom is 0.323 e. The molecule has 1 atom stereocenters. The Morgan fingerprint density at radius 3 is 2.26 bits per heavy atom. The number of halogens is 1. The summed E-state index contributed by atoms with van der Waals surface area (Å²) in [6.07, 6.45) is 1.65. The summed E-state index contributed by atoms with van der Waals surface area (Å²) in [7, 11) is 0. The number of pyridine rings is 1. The number of esters is 2. The zero-order valence-electron chi connectivity index (χ0n) is 13.6. The Morgan fingerprint density at radius 1 is 1.17 bits per heavy atom. The number of hydrogen-bond acceptors (Lipinski definition) is 6. The molecule has 0 bridgehead atoms. The molecule has 0 fully saturated rings. The molecular weight excluding hydrogens is 366 g/mol. The zero-order chi connectivity index (χ0) is 17.2. The van der Waals surface area contributed by atoms with Crippen molar-refractivity contribution in [2.75, 3.05) is 19.8 Å². The lowest BCUT2D eigenvalue weighted by Gasteiger charge is -2.21. The molecule has 0 aliphatic rings. The molecule has 128 valence electrons. The molecule has 0 N–H and O–H groups in total. The molecule has 7 heteroatoms. The van der Waals surface area contributed by atoms with Gasteiger partial charge in [-0.25, -0.2) is 0 Å². The second-order valence-electron chi connectivity index (χ2n) is 4.78. The van der Waals surface area contributed by atoms with Gasteiger partial charge >= 0.3 is 11.9 Å². The van der Waals surface area contributed by atoms with E-state index in [0.717, 1.165) is 10.2 Å². The summed E-state index contributed by atoms with van der Waals surface area (Å²) in [6, 6.07) is 3.78. The standard InChI is InChI=1S/C16H22BrNO5/c1-4-21-15(19)14(16(20)22-5-2)11(3)23-9-8-13-7-6-12(17)10-18-13/h6-7,10-11,14H,4-5,8-9H2,1-3H3. The first kappa shape index (κ1) is 19.6. The summed E-state index contributed by atoms with van der Waals surface area (Å²) in [5, 5.41) is 0. The minimum atomic E-state index is -1.08. The van der Waals surface area contributed by atoms with E-state index in [2.05, 4.69) is 20.9 Å². The Morgan fingerprint density at radius 2 is 1.78 bits per heavy atom. The highest BCUT2D eigenvalue weighted by molar-refractivity contribution is 9.10. The number of carbonyl (C=O) groups is 2. The lowest BCUT2D eigenvalue weighted by Crippen LogP contribution is -2.38. The molecule has 0 aliphatic carbocycles. The van der Waals surface area contributed by atoms with Crippen LogP contribution in [0.5, 0.6) is 0 Å². The number of nitrogens with zero attached hydrogens (tertiary/aromatic N) is 1. The Kier molecular flexibility index (Phi) is 8.79. The molecule has 1 heterocycles. The van der Waals surface area contributed by atoms with Gasteiger partial charge in [0.2, 0.25) is 0 Å². The van der Waals surface area contributed by atoms with E-state index in [4.69, 9.17) is 14.2 Å². The van der Waals surface area contributed by atoms with E-state index in [1.54, 1.807) is 27.0 Å². The van der Waals surface area contributed by atoms with E-state index in [0.29, 0.717) is 13.0 Å². The van der Waals surface area contributed by atoms with Gasteiger partial charge in [0.1, 0.15) is 0 Å². The van der Waals surface area contributed by atoms with Crippen molar-refractivity contribution in [3.8, 4) is 0 Å². The third-order valence-electron chi connectivity index (χ3n) is 3.08. The fourth-order valence-electron chi connectivity index (χ4n) is 1.94. The van der Waals surface area contributed by atoms with Crippen LogP contribution in [0, 0.1) is 5.92 Å². The Labute approximate surface area is 144 Å². The van der Waals surface area contributed by atoms with E-state index in [1.807, 2.05) is 12.1 Å². The minimum absolute atomic E-state index is 0.199. The Bertz CT molecular complexity index is 488. The number of ether oxygens (including phenoxy) is 3. The number of carbonyl (C=O) groups excluding carboxylic acids is 2. The first-order valence-corrected chi connectivity index (χ1v) is 8.34. The molecule has 0 radical (unpaired) electrons. The molecule has 1 aromatic rings. The Balaban J connectivity index is 2.58. The highest BCUT2D eigenvalue weighted by Crippen LogP contribution is 2.14. The molecular formula is C16H22BrNO5. The molecule has 6 nitrogen and oxygen atoms in total. The molecule has 0 spiro atoms. The maximum atomic E-state index is 12.0. The second-order valence-corrected chi connectivity index (χ2v) is 5.69. The molecule has 1 unspecified atom stereocenters. The van der Waals surface area contributed by atoms with Crippen LogP contribution in [-0.4, -0.2) is 42.8 Å². The van der Waals surface area contributed by atoms with E-state index in [9.17, 15) is 9.59 Å². The summed E-state index contributed by atoms with van der Waals surface area (Å²) in [5.41, 5.74) is 0.865. The molecule has 0 saturated heterocycles. The number of aromatic nitrogens is 1. The zero-order valence-corrected chi connectivity index (χ0v) is 15.2. The third kappa shape index (κ3) is 6.66. The van der Waals surface area contributed by atoms with Gasteiger partial charge < -0.3 is 14.2 Å². The summed E-state index contributed by atoms with van der Waals surface area (Å²) in [5.74, 6) is -2.33. The molecule has 23 heavy (non-hydrogen) atoms. The van der Waals surface area contributed by atoms with Crippen LogP contribution in [-0.2, 0) is 30.2 Å². The van der Waals surface area contributed by atoms with Crippen molar-refractivity contribution in [1.82, 2.24) is 4.98 Å². The van der Waals surface area contributed by atoms with Crippen molar-refractivity contribution >= 4 is 27.9 Å². The lowest BCUT2D eigenvalue weighted by atomic mass is 10.0. The largest absolute Gasteiger partial charge is 0.465 e. The van der Waals surface area contributed by atoms with Crippen LogP contribution in [0.1, 0.15) is 26.5 Å². The van der Waals surface area contributed by atoms with Gasteiger partial charge in [-0.2, -0.15) is 0 Å². The maximum absolute atomic E-state index is 12.0. The van der Waals surface area contributed by atoms with Crippen LogP contribution >= 0.6 is 15.9 Å². The predicted octanol–water partition coefficient (Wildman–Crippen LogP) is 2.53. The van der Waals surface area contributed by atoms with Gasteiger partial charge in [-0.3, -0.25) is 14.6 Å². The first-order valence-electron chi connectivity index (χ1n) is 7.54. The van der Waals surface area contributed by atoms with Gasteiger partial charge in [0.05, 0.1) is 25.9 Å². The SMILES string of the molecule is CCOC(=O)C(C(=O)OCC)C(C)OCCc1ccc(Br)cn1. The molecule has 0 amide bonds. The highest BCUT2D eigenvalue weighted by Gasteiger charge is 2.35. The second kappa shape index (κ2) is 10.3. The van der Waals surface area contributed by atoms with Crippen molar-refractivity contribution in [2.24, 2.45) is 5.92 Å². The van der Waals surface area contributed by atoms with Gasteiger partial charge in [-0.1, -0.05) is 0 Å². The van der Waals surface area contributed by atoms with Gasteiger partial charge in [-0.15, -0.1) is 0 Å². The average Bonchev–Trinajstić information content (AvgIpc) is 2.50. The third-order valence-corrected chi connectivity index (χ3v) is 3.55. The monoisotopic (exact) mass is 387 g/mol. The summed E-state index contributed by atoms with van der Waals surface area (Å²) < 4.78 is 16.4. The van der Waals surface area contributed by atoms with E-state index in [1.165, 1.54) is 0 Å². The van der Waals surface area contributed by atoms with Crippen LogP contribution in [0.2, 0.25) is 0 Å². The van der Waals surface area contributed by atoms with Gasteiger partial charge in [0.15, 0.2) is 5.92 Å². The topological polar surface area (TPSA) is 74.7 Å². The summed E-state index contributed by atoms with van der Waals surface area (Å²) in [4.78, 5) is 28.1. The summed E-state index contributed by atoms with van der Waals surface area (Å²) >= 11 is 3.32. The fourth-order valence-corrected chi connectivity index (χ4v) is 2.18. The normalized spacial score (nSPS) is 12.0. The van der Waals surface area contributed by atoms with Crippen molar-refractivity contribution in [3.05, 3.63) is 28.5 Å². The average molecular weight is 388 g/mol. The van der Waals surface area contributed by atoms with Gasteiger partial charge in [0.25, 0.3) is 0 Å². The van der Waals surface area contributed by atoms with E-state index >= 15 is 0 Å². The molecule has 0 saturated carbocycles. The van der Waals surface area contributed by atoms with Crippen LogP contribution in [0.25, 0.3) is 0 Å². The smallest absolute Gasteiger partial charge is 0.323 e. The van der Waals surface area contributed by atoms with E-state index < -0.39 is 24.0 Å². The van der Waals surface area contributed by atoms with Crippen LogP contribution in [0.15, 0.2) is 22.8 Å². The molecule has 1 rings (SSSR count). The van der Waals surface area contributed by atoms with Gasteiger partial charge in [0, 0.05) is 22.8 Å². The highest BCUT2D eigenvalue weighted by atomic mass is 79.9. The van der Waals surface area contributed by atoms with Crippen LogP contribution < -0.4 is 0 Å². The van der Waals surface area contributed by atoms with Crippen molar-refractivity contribution in [3.63, 3.8) is 0 Å². The molecule has 0 aliphatic heterocycles. The molecule has 0 aromatic carbocycles. The number of hydrogen-bond donors (Lipinski definition) is 0. The van der Waals surface area contributed by atoms with Crippen molar-refractivity contribution < 1.29 is 23.8 Å². The van der Waals surface area contributed by atoms with Crippen LogP contribution in [0.3, 0.4) is 0 Å². The molecule has 1 aromatic heterocycles. The fraction of sp³-hybridized carbons (Fsp3) is 0.562. The van der Waals surface area contributed by atoms with Gasteiger partial charge in [-0.05, 0) is 48.8 Å². The lowest BCUT2D eigenvalue weighted by molar-refractivity contribution is -0.168. The van der Waals surface area contributed by atoms with Crippen LogP contribution in [0.4, 0.5) is 0 Å². The first-order chi connectivity index (χ1) is 11.0. The summed E-state index contributed by atoms with van der Waals surface area (Å²) in [6.45, 7) is 5.77. The number of rotatable bonds is 9. The Hall–Kier alpha value is -1.47. The van der Waals surface area contributed by atoms with Crippen molar-refractivity contribution in [1.29, 1.82) is 0 Å².